The second kappa shape index (κ2) is 14.5. The average molecular weight is 705 g/mol. The highest BCUT2D eigenvalue weighted by Crippen LogP contribution is 2.67. The number of methoxy groups -OCH3 is 1. The first kappa shape index (κ1) is 37.6. The molecule has 0 aromatic rings. The summed E-state index contributed by atoms with van der Waals surface area (Å²) in [5, 5.41) is 0. The lowest BCUT2D eigenvalue weighted by Crippen LogP contribution is -2.65. The van der Waals surface area contributed by atoms with Gasteiger partial charge in [0.1, 0.15) is 6.61 Å². The van der Waals surface area contributed by atoms with Gasteiger partial charge in [0.25, 0.3) is 0 Å². The topological polar surface area (TPSA) is 184 Å². The van der Waals surface area contributed by atoms with E-state index in [4.69, 9.17) is 33.2 Å². The number of hydrogen-bond donors (Lipinski definition) is 0. The van der Waals surface area contributed by atoms with Crippen LogP contribution < -0.4 is 0 Å². The van der Waals surface area contributed by atoms with Crippen LogP contribution in [0, 0.1) is 34.5 Å². The molecule has 1 saturated heterocycles. The molecule has 0 aromatic heterocycles. The predicted octanol–water partition coefficient (Wildman–Crippen LogP) is 2.95. The van der Waals surface area contributed by atoms with E-state index < -0.39 is 83.4 Å². The van der Waals surface area contributed by atoms with E-state index in [1.807, 2.05) is 0 Å². The molecule has 12 atom stereocenters. The number of carbonyl (C=O) groups excluding carboxylic acids is 7. The van der Waals surface area contributed by atoms with Crippen molar-refractivity contribution >= 4 is 41.4 Å². The summed E-state index contributed by atoms with van der Waals surface area (Å²) >= 11 is 0. The summed E-state index contributed by atoms with van der Waals surface area (Å²) in [7, 11) is 1.12. The lowest BCUT2D eigenvalue weighted by atomic mass is 9.45. The molecule has 0 N–H and O–H groups in total. The second-order valence-electron chi connectivity index (χ2n) is 14.8. The third-order valence-corrected chi connectivity index (χ3v) is 11.8. The molecule has 14 nitrogen and oxygen atoms in total. The van der Waals surface area contributed by atoms with Crippen LogP contribution in [0.25, 0.3) is 0 Å². The lowest BCUT2D eigenvalue weighted by molar-refractivity contribution is -0.324. The number of allylic oxidation sites excluding steroid dienone is 1. The van der Waals surface area contributed by atoms with Crippen molar-refractivity contribution in [2.24, 2.45) is 34.5 Å². The van der Waals surface area contributed by atoms with Crippen molar-refractivity contribution in [1.29, 1.82) is 0 Å². The van der Waals surface area contributed by atoms with Crippen LogP contribution in [0.15, 0.2) is 11.6 Å². The van der Waals surface area contributed by atoms with E-state index in [9.17, 15) is 33.6 Å². The van der Waals surface area contributed by atoms with Crippen LogP contribution in [-0.2, 0) is 66.7 Å². The molecule has 1 heterocycles. The molecule has 0 radical (unpaired) electrons. The number of ketones is 2. The third-order valence-electron chi connectivity index (χ3n) is 11.8. The van der Waals surface area contributed by atoms with E-state index in [1.54, 1.807) is 6.08 Å². The van der Waals surface area contributed by atoms with Gasteiger partial charge in [-0.25, -0.2) is 4.79 Å². The smallest absolute Gasteiger partial charge is 0.339 e. The van der Waals surface area contributed by atoms with Crippen molar-refractivity contribution in [2.75, 3.05) is 13.7 Å². The molecule has 1 aliphatic heterocycles. The summed E-state index contributed by atoms with van der Waals surface area (Å²) in [6, 6.07) is 0. The summed E-state index contributed by atoms with van der Waals surface area (Å²) in [5.74, 6) is -4.41. The Balaban J connectivity index is 1.59. The Bertz CT molecular complexity index is 1450. The van der Waals surface area contributed by atoms with Gasteiger partial charge in [-0.2, -0.15) is 0 Å². The maximum atomic E-state index is 13.6. The highest BCUT2D eigenvalue weighted by Gasteiger charge is 2.65. The molecule has 0 bridgehead atoms. The van der Waals surface area contributed by atoms with E-state index >= 15 is 0 Å². The number of ether oxygens (including phenoxy) is 7. The minimum Gasteiger partial charge on any atom is -0.467 e. The van der Waals surface area contributed by atoms with Gasteiger partial charge in [0, 0.05) is 40.0 Å². The van der Waals surface area contributed by atoms with Crippen LogP contribution in [0.4, 0.5) is 0 Å². The van der Waals surface area contributed by atoms with Crippen LogP contribution >= 0.6 is 0 Å². The van der Waals surface area contributed by atoms with Gasteiger partial charge in [-0.1, -0.05) is 19.4 Å². The molecule has 0 spiro atoms. The zero-order valence-electron chi connectivity index (χ0n) is 29.7. The summed E-state index contributed by atoms with van der Waals surface area (Å²) < 4.78 is 39.9. The van der Waals surface area contributed by atoms with E-state index in [2.05, 4.69) is 13.8 Å². The summed E-state index contributed by atoms with van der Waals surface area (Å²) in [4.78, 5) is 88.0. The van der Waals surface area contributed by atoms with Crippen molar-refractivity contribution in [3.8, 4) is 0 Å². The van der Waals surface area contributed by atoms with Gasteiger partial charge < -0.3 is 33.2 Å². The van der Waals surface area contributed by atoms with Gasteiger partial charge in [0.15, 0.2) is 42.3 Å². The summed E-state index contributed by atoms with van der Waals surface area (Å²) in [6.45, 7) is 8.49. The number of rotatable bonds is 9. The first-order valence-electron chi connectivity index (χ1n) is 17.3. The lowest BCUT2D eigenvalue weighted by Gasteiger charge is -2.61. The molecule has 276 valence electrons. The van der Waals surface area contributed by atoms with Crippen LogP contribution in [0.1, 0.15) is 86.5 Å². The molecule has 50 heavy (non-hydrogen) atoms. The van der Waals surface area contributed by atoms with Crippen molar-refractivity contribution in [2.45, 2.75) is 123 Å². The molecule has 3 saturated carbocycles. The molecule has 14 heteroatoms. The number of esters is 5. The van der Waals surface area contributed by atoms with Crippen LogP contribution in [0.3, 0.4) is 0 Å². The van der Waals surface area contributed by atoms with E-state index in [-0.39, 0.29) is 35.9 Å². The number of carbonyl (C=O) groups is 7. The zero-order valence-corrected chi connectivity index (χ0v) is 29.7. The zero-order chi connectivity index (χ0) is 36.7. The maximum absolute atomic E-state index is 13.6. The Morgan fingerprint density at radius 3 is 2.10 bits per heavy atom. The number of Topliss-reactive ketones (excluding diaryl/α,β-unsaturated/α-hetero) is 1. The third kappa shape index (κ3) is 7.10. The molecular weight excluding hydrogens is 656 g/mol. The van der Waals surface area contributed by atoms with Gasteiger partial charge in [-0.3, -0.25) is 28.8 Å². The Kier molecular flexibility index (Phi) is 10.9. The van der Waals surface area contributed by atoms with Gasteiger partial charge in [0.05, 0.1) is 13.2 Å². The molecule has 4 fully saturated rings. The standard InChI is InChI=1S/C36H48O14/c1-17(37)45-16-26(42)25-11-10-24-23-9-8-21-14-22(41)12-13-35(21,5)28(23)27(15-36(24,25)6)49-34-32(48-20(4)40)30(47-19(3)39)29(46-18(2)38)31(50-34)33(43)44-7/h14,23-25,27-32,34H,8-13,15-16H2,1-7H3/t23-,24-,25+,27+,28+,29+,30+,31+,32-,34-,35+,36+/m1/s1. The summed E-state index contributed by atoms with van der Waals surface area (Å²) in [6.07, 6.45) is -2.43. The monoisotopic (exact) mass is 704 g/mol. The van der Waals surface area contributed by atoms with E-state index in [0.717, 1.165) is 46.3 Å². The van der Waals surface area contributed by atoms with E-state index in [0.29, 0.717) is 32.1 Å². The number of fused-ring (bicyclic) bond motifs is 5. The fourth-order valence-electron chi connectivity index (χ4n) is 9.94. The van der Waals surface area contributed by atoms with Crippen molar-refractivity contribution in [3.63, 3.8) is 0 Å². The molecule has 0 aromatic carbocycles. The Hall–Kier alpha value is -3.65. The molecule has 0 unspecified atom stereocenters. The molecule has 0 amide bonds. The van der Waals surface area contributed by atoms with Crippen molar-refractivity contribution in [3.05, 3.63) is 11.6 Å². The Morgan fingerprint density at radius 1 is 0.840 bits per heavy atom. The highest BCUT2D eigenvalue weighted by atomic mass is 16.7. The van der Waals surface area contributed by atoms with Gasteiger partial charge >= 0.3 is 29.8 Å². The normalized spacial score (nSPS) is 39.0. The minimum atomic E-state index is -1.62. The van der Waals surface area contributed by atoms with Crippen LogP contribution in [0.5, 0.6) is 0 Å². The molecule has 4 aliphatic carbocycles. The highest BCUT2D eigenvalue weighted by molar-refractivity contribution is 5.91. The second-order valence-corrected chi connectivity index (χ2v) is 14.8. The SMILES string of the molecule is COC(=O)[C@H]1O[C@@H](O[C@H]2C[C@@]3(C)[C@H](CC[C@H]3C(=O)COC(C)=O)[C@H]3CCC4=CC(=O)CC[C@]4(C)[C@@H]32)[C@H](OC(C)=O)[C@@H](OC(C)=O)[C@@H]1OC(C)=O. The first-order valence-corrected chi connectivity index (χ1v) is 17.3. The molecule has 5 rings (SSSR count). The maximum Gasteiger partial charge on any atom is 0.339 e. The quantitative estimate of drug-likeness (QED) is 0.252. The minimum absolute atomic E-state index is 0.0610. The summed E-state index contributed by atoms with van der Waals surface area (Å²) in [5.41, 5.74) is -0.00601. The molecular formula is C36H48O14. The molecule has 5 aliphatic rings. The average Bonchev–Trinajstić information content (AvgIpc) is 3.38. The van der Waals surface area contributed by atoms with Crippen molar-refractivity contribution < 1.29 is 66.7 Å². The van der Waals surface area contributed by atoms with Crippen LogP contribution in [0.2, 0.25) is 0 Å². The fraction of sp³-hybridized carbons (Fsp3) is 0.750. The van der Waals surface area contributed by atoms with Crippen LogP contribution in [-0.4, -0.2) is 91.9 Å². The number of hydrogen-bond acceptors (Lipinski definition) is 14. The Labute approximate surface area is 291 Å². The van der Waals surface area contributed by atoms with Gasteiger partial charge in [-0.05, 0) is 73.2 Å². The predicted molar refractivity (Wildman–Crippen MR) is 169 cm³/mol. The largest absolute Gasteiger partial charge is 0.467 e. The van der Waals surface area contributed by atoms with Gasteiger partial charge in [0.2, 0.25) is 0 Å². The van der Waals surface area contributed by atoms with Crippen molar-refractivity contribution in [1.82, 2.24) is 0 Å². The first-order chi connectivity index (χ1) is 23.5. The van der Waals surface area contributed by atoms with Gasteiger partial charge in [-0.15, -0.1) is 0 Å². The Morgan fingerprint density at radius 2 is 1.48 bits per heavy atom. The fourth-order valence-corrected chi connectivity index (χ4v) is 9.94. The van der Waals surface area contributed by atoms with E-state index in [1.165, 1.54) is 6.92 Å².